The van der Waals surface area contributed by atoms with Crippen molar-refractivity contribution in [1.29, 1.82) is 0 Å². The summed E-state index contributed by atoms with van der Waals surface area (Å²) in [5.74, 6) is -2.14. The van der Waals surface area contributed by atoms with Crippen LogP contribution in [0.15, 0.2) is 0 Å². The Kier molecular flexibility index (Phi) is 6.20. The number of ether oxygens (including phenoxy) is 2. The minimum Gasteiger partial charge on any atom is -0.467 e. The van der Waals surface area contributed by atoms with E-state index in [1.165, 1.54) is 0 Å². The van der Waals surface area contributed by atoms with Crippen molar-refractivity contribution in [2.45, 2.75) is 6.10 Å². The molecule has 0 spiro atoms. The van der Waals surface area contributed by atoms with Crippen molar-refractivity contribution in [3.05, 3.63) is 0 Å². The molecule has 0 aliphatic carbocycles. The van der Waals surface area contributed by atoms with E-state index in [0.717, 1.165) is 28.4 Å². The van der Waals surface area contributed by atoms with E-state index in [1.54, 1.807) is 0 Å². The van der Waals surface area contributed by atoms with E-state index in [1.807, 2.05) is 0 Å². The van der Waals surface area contributed by atoms with Gasteiger partial charge in [0.05, 0.1) is 14.2 Å². The summed E-state index contributed by atoms with van der Waals surface area (Å²) in [7, 11) is 0.170. The molecular weight excluding hydrogens is 243 g/mol. The number of rotatable bonds is 6. The number of phosphoric ester groups is 1. The van der Waals surface area contributed by atoms with Crippen LogP contribution in [0.4, 0.5) is 0 Å². The summed E-state index contributed by atoms with van der Waals surface area (Å²) < 4.78 is 33.5. The van der Waals surface area contributed by atoms with Crippen LogP contribution in [0, 0.1) is 0 Å². The van der Waals surface area contributed by atoms with Crippen molar-refractivity contribution >= 4 is 19.8 Å². The van der Waals surface area contributed by atoms with Crippen molar-refractivity contribution in [2.75, 3.05) is 28.4 Å². The van der Waals surface area contributed by atoms with Gasteiger partial charge < -0.3 is 9.47 Å². The quantitative estimate of drug-likeness (QED) is 0.375. The average Bonchev–Trinajstić information content (AvgIpc) is 2.33. The van der Waals surface area contributed by atoms with Gasteiger partial charge in [-0.1, -0.05) is 0 Å². The van der Waals surface area contributed by atoms with E-state index in [9.17, 15) is 14.2 Å². The SMILES string of the molecule is COC(=O)C(OP(=O)(OC)OC)C(=O)OC. The van der Waals surface area contributed by atoms with Crippen LogP contribution in [-0.4, -0.2) is 46.5 Å². The molecule has 0 radical (unpaired) electrons. The maximum atomic E-state index is 11.5. The molecule has 0 aliphatic heterocycles. The van der Waals surface area contributed by atoms with Gasteiger partial charge >= 0.3 is 19.8 Å². The van der Waals surface area contributed by atoms with Crippen LogP contribution in [0.25, 0.3) is 0 Å². The standard InChI is InChI=1S/C7H13O8P/c1-11-6(8)5(7(9)12-2)15-16(10,13-3)14-4/h5H,1-4H3. The Morgan fingerprint density at radius 1 is 0.938 bits per heavy atom. The zero-order valence-corrected chi connectivity index (χ0v) is 10.2. The van der Waals surface area contributed by atoms with Crippen molar-refractivity contribution in [3.63, 3.8) is 0 Å². The largest absolute Gasteiger partial charge is 0.475 e. The van der Waals surface area contributed by atoms with Crippen LogP contribution in [-0.2, 0) is 37.2 Å². The highest BCUT2D eigenvalue weighted by molar-refractivity contribution is 7.48. The highest BCUT2D eigenvalue weighted by atomic mass is 31.2. The molecule has 0 saturated carbocycles. The molecule has 8 nitrogen and oxygen atoms in total. The molecule has 0 aromatic carbocycles. The number of hydrogen-bond donors (Lipinski definition) is 0. The van der Waals surface area contributed by atoms with E-state index in [2.05, 4.69) is 23.0 Å². The average molecular weight is 256 g/mol. The summed E-state index contributed by atoms with van der Waals surface area (Å²) in [6.07, 6.45) is -1.82. The summed E-state index contributed by atoms with van der Waals surface area (Å²) >= 11 is 0. The fourth-order valence-electron chi connectivity index (χ4n) is 0.686. The van der Waals surface area contributed by atoms with Gasteiger partial charge in [0.25, 0.3) is 6.10 Å². The van der Waals surface area contributed by atoms with Gasteiger partial charge in [-0.15, -0.1) is 0 Å². The van der Waals surface area contributed by atoms with Crippen LogP contribution >= 0.6 is 7.82 Å². The third-order valence-electron chi connectivity index (χ3n) is 1.51. The summed E-state index contributed by atoms with van der Waals surface area (Å²) in [5, 5.41) is 0. The number of esters is 2. The number of carbonyl (C=O) groups is 2. The molecular formula is C7H13O8P. The van der Waals surface area contributed by atoms with Gasteiger partial charge in [0.2, 0.25) is 0 Å². The fourth-order valence-corrected chi connectivity index (χ4v) is 1.44. The van der Waals surface area contributed by atoms with Crippen molar-refractivity contribution in [3.8, 4) is 0 Å². The van der Waals surface area contributed by atoms with E-state index in [0.29, 0.717) is 0 Å². The third kappa shape index (κ3) is 3.90. The molecule has 0 saturated heterocycles. The van der Waals surface area contributed by atoms with Crippen molar-refractivity contribution in [2.24, 2.45) is 0 Å². The molecule has 0 fully saturated rings. The lowest BCUT2D eigenvalue weighted by Crippen LogP contribution is -2.34. The molecule has 0 amide bonds. The molecule has 0 bridgehead atoms. The first kappa shape index (κ1) is 15.0. The van der Waals surface area contributed by atoms with Gasteiger partial charge in [-0.25, -0.2) is 14.2 Å². The Balaban J connectivity index is 4.87. The molecule has 0 aromatic rings. The van der Waals surface area contributed by atoms with E-state index in [-0.39, 0.29) is 0 Å². The second-order valence-electron chi connectivity index (χ2n) is 2.34. The minimum atomic E-state index is -3.97. The van der Waals surface area contributed by atoms with Gasteiger partial charge in [-0.3, -0.25) is 13.6 Å². The van der Waals surface area contributed by atoms with E-state index >= 15 is 0 Å². The zero-order valence-electron chi connectivity index (χ0n) is 9.29. The lowest BCUT2D eigenvalue weighted by Gasteiger charge is -2.18. The maximum Gasteiger partial charge on any atom is 0.475 e. The predicted molar refractivity (Wildman–Crippen MR) is 50.5 cm³/mol. The first-order chi connectivity index (χ1) is 7.44. The topological polar surface area (TPSA) is 97.4 Å². The monoisotopic (exact) mass is 256 g/mol. The Morgan fingerprint density at radius 3 is 1.56 bits per heavy atom. The third-order valence-corrected chi connectivity index (χ3v) is 2.88. The fraction of sp³-hybridized carbons (Fsp3) is 0.714. The highest BCUT2D eigenvalue weighted by Crippen LogP contribution is 2.48. The number of methoxy groups -OCH3 is 2. The first-order valence-corrected chi connectivity index (χ1v) is 5.45. The molecule has 0 aromatic heterocycles. The smallest absolute Gasteiger partial charge is 0.467 e. The van der Waals surface area contributed by atoms with Gasteiger partial charge in [0.1, 0.15) is 0 Å². The lowest BCUT2D eigenvalue weighted by atomic mass is 10.4. The number of phosphoric acid groups is 1. The Morgan fingerprint density at radius 2 is 1.31 bits per heavy atom. The summed E-state index contributed by atoms with van der Waals surface area (Å²) in [6.45, 7) is 0. The summed E-state index contributed by atoms with van der Waals surface area (Å²) in [5.41, 5.74) is 0. The molecule has 0 heterocycles. The van der Waals surface area contributed by atoms with Crippen LogP contribution in [0.3, 0.4) is 0 Å². The number of carbonyl (C=O) groups excluding carboxylic acids is 2. The molecule has 9 heteroatoms. The summed E-state index contributed by atoms with van der Waals surface area (Å²) in [6, 6.07) is 0. The van der Waals surface area contributed by atoms with Gasteiger partial charge in [-0.05, 0) is 0 Å². The molecule has 0 unspecified atom stereocenters. The molecule has 0 aliphatic rings. The number of hydrogen-bond acceptors (Lipinski definition) is 8. The van der Waals surface area contributed by atoms with Crippen molar-refractivity contribution in [1.82, 2.24) is 0 Å². The molecule has 94 valence electrons. The minimum absolute atomic E-state index is 1.03. The van der Waals surface area contributed by atoms with Crippen LogP contribution in [0.1, 0.15) is 0 Å². The van der Waals surface area contributed by atoms with E-state index < -0.39 is 25.9 Å². The van der Waals surface area contributed by atoms with Gasteiger partial charge in [0.15, 0.2) is 0 Å². The van der Waals surface area contributed by atoms with E-state index in [4.69, 9.17) is 0 Å². The molecule has 0 atom stereocenters. The second-order valence-corrected chi connectivity index (χ2v) is 4.18. The molecule has 0 rings (SSSR count). The molecule has 0 N–H and O–H groups in total. The van der Waals surface area contributed by atoms with Crippen LogP contribution < -0.4 is 0 Å². The zero-order chi connectivity index (χ0) is 12.8. The Bertz CT molecular complexity index is 277. The second kappa shape index (κ2) is 6.59. The summed E-state index contributed by atoms with van der Waals surface area (Å²) in [4.78, 5) is 22.3. The highest BCUT2D eigenvalue weighted by Gasteiger charge is 2.38. The molecule has 16 heavy (non-hydrogen) atoms. The van der Waals surface area contributed by atoms with Gasteiger partial charge in [0, 0.05) is 14.2 Å². The van der Waals surface area contributed by atoms with Crippen LogP contribution in [0.5, 0.6) is 0 Å². The van der Waals surface area contributed by atoms with Crippen molar-refractivity contribution < 1.29 is 37.2 Å². The first-order valence-electron chi connectivity index (χ1n) is 3.99. The maximum absolute atomic E-state index is 11.5. The lowest BCUT2D eigenvalue weighted by molar-refractivity contribution is -0.164. The predicted octanol–water partition coefficient (Wildman–Crippen LogP) is 0.118. The van der Waals surface area contributed by atoms with Crippen LogP contribution in [0.2, 0.25) is 0 Å². The van der Waals surface area contributed by atoms with Gasteiger partial charge in [-0.2, -0.15) is 0 Å². The Labute approximate surface area is 92.4 Å². The Hall–Kier alpha value is -0.950. The normalized spacial score (nSPS) is 11.3.